The molecule has 1 N–H and O–H groups in total. The summed E-state index contributed by atoms with van der Waals surface area (Å²) in [5, 5.41) is 2.98. The number of anilines is 2. The van der Waals surface area contributed by atoms with Crippen molar-refractivity contribution >= 4 is 28.7 Å². The van der Waals surface area contributed by atoms with Crippen LogP contribution in [0.2, 0.25) is 0 Å². The topological polar surface area (TPSA) is 76.8 Å². The van der Waals surface area contributed by atoms with Crippen molar-refractivity contribution in [1.29, 1.82) is 0 Å². The van der Waals surface area contributed by atoms with Crippen molar-refractivity contribution in [2.45, 2.75) is 57.7 Å². The van der Waals surface area contributed by atoms with Crippen molar-refractivity contribution in [3.05, 3.63) is 18.2 Å². The van der Waals surface area contributed by atoms with Crippen LogP contribution in [0.15, 0.2) is 22.6 Å². The molecule has 1 aliphatic heterocycles. The first-order valence-corrected chi connectivity index (χ1v) is 10.4. The summed E-state index contributed by atoms with van der Waals surface area (Å²) >= 11 is 0. The maximum Gasteiger partial charge on any atom is 0.298 e. The average molecular weight is 387 g/mol. The van der Waals surface area contributed by atoms with Gasteiger partial charge in [-0.25, -0.2) is 0 Å². The highest BCUT2D eigenvalue weighted by Gasteiger charge is 2.24. The number of nitrogens with one attached hydrogen (secondary N) is 1. The lowest BCUT2D eigenvalue weighted by Gasteiger charge is -2.26. The van der Waals surface area contributed by atoms with E-state index in [4.69, 9.17) is 13.9 Å². The molecule has 4 rings (SSSR count). The molecule has 0 radical (unpaired) electrons. The standard InChI is InChI=1S/C21H29N3O4/c1-2-18(27-16-6-4-3-5-7-16)20(25)22-15-8-9-17-19(14-15)28-21(23-17)24-10-12-26-13-11-24/h8-9,14,16,18H,2-7,10-13H2,1H3,(H,22,25). The summed E-state index contributed by atoms with van der Waals surface area (Å²) in [7, 11) is 0. The minimum absolute atomic E-state index is 0.0969. The van der Waals surface area contributed by atoms with Gasteiger partial charge in [-0.05, 0) is 31.4 Å². The van der Waals surface area contributed by atoms with E-state index in [0.717, 1.165) is 31.4 Å². The fraction of sp³-hybridized carbons (Fsp3) is 0.619. The van der Waals surface area contributed by atoms with E-state index in [0.29, 0.717) is 36.9 Å². The molecule has 1 amide bonds. The van der Waals surface area contributed by atoms with Crippen LogP contribution in [0, 0.1) is 0 Å². The molecule has 1 aliphatic carbocycles. The average Bonchev–Trinajstić information content (AvgIpc) is 3.17. The van der Waals surface area contributed by atoms with Crippen LogP contribution in [0.5, 0.6) is 0 Å². The van der Waals surface area contributed by atoms with Crippen molar-refractivity contribution < 1.29 is 18.7 Å². The summed E-state index contributed by atoms with van der Waals surface area (Å²) in [6.07, 6.45) is 6.21. The Kier molecular flexibility index (Phi) is 6.12. The number of hydrogen-bond donors (Lipinski definition) is 1. The molecular formula is C21H29N3O4. The van der Waals surface area contributed by atoms with Gasteiger partial charge in [0.15, 0.2) is 5.58 Å². The summed E-state index contributed by atoms with van der Waals surface area (Å²) in [6, 6.07) is 6.17. The van der Waals surface area contributed by atoms with E-state index in [1.165, 1.54) is 19.3 Å². The van der Waals surface area contributed by atoms with E-state index in [-0.39, 0.29) is 12.0 Å². The lowest BCUT2D eigenvalue weighted by molar-refractivity contribution is -0.132. The SMILES string of the molecule is CCC(OC1CCCCC1)C(=O)Nc1ccc2nc(N3CCOCC3)oc2c1. The van der Waals surface area contributed by atoms with Crippen LogP contribution in [0.25, 0.3) is 11.1 Å². The number of aromatic nitrogens is 1. The molecule has 7 heteroatoms. The van der Waals surface area contributed by atoms with Gasteiger partial charge in [0.1, 0.15) is 11.6 Å². The Labute approximate surface area is 165 Å². The fourth-order valence-corrected chi connectivity index (χ4v) is 3.88. The molecule has 2 aliphatic rings. The Morgan fingerprint density at radius 3 is 2.82 bits per heavy atom. The molecule has 1 saturated heterocycles. The molecule has 1 aromatic carbocycles. The van der Waals surface area contributed by atoms with Crippen LogP contribution < -0.4 is 10.2 Å². The minimum atomic E-state index is -0.419. The van der Waals surface area contributed by atoms with Crippen molar-refractivity contribution in [2.75, 3.05) is 36.5 Å². The first-order chi connectivity index (χ1) is 13.7. The number of rotatable bonds is 6. The van der Waals surface area contributed by atoms with Gasteiger partial charge in [0.2, 0.25) is 0 Å². The second kappa shape index (κ2) is 8.92. The first kappa shape index (κ1) is 19.2. The molecule has 152 valence electrons. The number of carbonyl (C=O) groups excluding carboxylic acids is 1. The molecule has 2 heterocycles. The number of amides is 1. The van der Waals surface area contributed by atoms with Gasteiger partial charge in [-0.2, -0.15) is 4.98 Å². The van der Waals surface area contributed by atoms with Crippen LogP contribution in [-0.2, 0) is 14.3 Å². The zero-order valence-corrected chi connectivity index (χ0v) is 16.5. The van der Waals surface area contributed by atoms with Gasteiger partial charge in [-0.3, -0.25) is 4.79 Å². The minimum Gasteiger partial charge on any atom is -0.423 e. The zero-order chi connectivity index (χ0) is 19.3. The molecule has 1 unspecified atom stereocenters. The largest absolute Gasteiger partial charge is 0.423 e. The second-order valence-corrected chi connectivity index (χ2v) is 7.56. The van der Waals surface area contributed by atoms with E-state index < -0.39 is 6.10 Å². The third-order valence-electron chi connectivity index (χ3n) is 5.50. The monoisotopic (exact) mass is 387 g/mol. The highest BCUT2D eigenvalue weighted by molar-refractivity contribution is 5.95. The fourth-order valence-electron chi connectivity index (χ4n) is 3.88. The molecule has 28 heavy (non-hydrogen) atoms. The molecule has 2 fully saturated rings. The van der Waals surface area contributed by atoms with Crippen LogP contribution in [0.4, 0.5) is 11.7 Å². The maximum absolute atomic E-state index is 12.7. The lowest BCUT2D eigenvalue weighted by Crippen LogP contribution is -2.36. The third-order valence-corrected chi connectivity index (χ3v) is 5.50. The normalized spacial score (nSPS) is 19.7. The van der Waals surface area contributed by atoms with Gasteiger partial charge in [0.05, 0.1) is 19.3 Å². The summed E-state index contributed by atoms with van der Waals surface area (Å²) < 4.78 is 17.4. The number of nitrogens with zero attached hydrogens (tertiary/aromatic N) is 2. The quantitative estimate of drug-likeness (QED) is 0.814. The molecule has 2 aromatic rings. The van der Waals surface area contributed by atoms with Crippen molar-refractivity contribution in [2.24, 2.45) is 0 Å². The molecule has 0 spiro atoms. The van der Waals surface area contributed by atoms with Gasteiger partial charge in [-0.15, -0.1) is 0 Å². The van der Waals surface area contributed by atoms with E-state index in [2.05, 4.69) is 15.2 Å². The Hall–Kier alpha value is -2.12. The van der Waals surface area contributed by atoms with E-state index in [9.17, 15) is 4.79 Å². The van der Waals surface area contributed by atoms with E-state index in [1.807, 2.05) is 25.1 Å². The summed E-state index contributed by atoms with van der Waals surface area (Å²) in [6.45, 7) is 4.89. The number of oxazole rings is 1. The van der Waals surface area contributed by atoms with Crippen LogP contribution in [0.1, 0.15) is 45.4 Å². The molecular weight excluding hydrogens is 358 g/mol. The smallest absolute Gasteiger partial charge is 0.298 e. The van der Waals surface area contributed by atoms with Crippen molar-refractivity contribution in [1.82, 2.24) is 4.98 Å². The van der Waals surface area contributed by atoms with Crippen molar-refractivity contribution in [3.63, 3.8) is 0 Å². The second-order valence-electron chi connectivity index (χ2n) is 7.56. The van der Waals surface area contributed by atoms with Gasteiger partial charge in [0.25, 0.3) is 11.9 Å². The number of carbonyl (C=O) groups is 1. The summed E-state index contributed by atoms with van der Waals surface area (Å²) in [4.78, 5) is 19.3. The van der Waals surface area contributed by atoms with Crippen LogP contribution >= 0.6 is 0 Å². The Balaban J connectivity index is 1.42. The molecule has 7 nitrogen and oxygen atoms in total. The zero-order valence-electron chi connectivity index (χ0n) is 16.5. The van der Waals surface area contributed by atoms with E-state index in [1.54, 1.807) is 0 Å². The Morgan fingerprint density at radius 1 is 1.29 bits per heavy atom. The predicted molar refractivity (Wildman–Crippen MR) is 108 cm³/mol. The van der Waals surface area contributed by atoms with Gasteiger partial charge < -0.3 is 24.1 Å². The molecule has 1 aromatic heterocycles. The summed E-state index contributed by atoms with van der Waals surface area (Å²) in [5.74, 6) is -0.0969. The van der Waals surface area contributed by atoms with Gasteiger partial charge in [0, 0.05) is 24.8 Å². The molecule has 1 saturated carbocycles. The number of fused-ring (bicyclic) bond motifs is 1. The molecule has 0 bridgehead atoms. The van der Waals surface area contributed by atoms with Crippen LogP contribution in [-0.4, -0.2) is 49.4 Å². The van der Waals surface area contributed by atoms with Gasteiger partial charge in [-0.1, -0.05) is 26.2 Å². The van der Waals surface area contributed by atoms with Crippen molar-refractivity contribution in [3.8, 4) is 0 Å². The lowest BCUT2D eigenvalue weighted by atomic mass is 9.97. The predicted octanol–water partition coefficient (Wildman–Crippen LogP) is 3.73. The number of morpholine rings is 1. The van der Waals surface area contributed by atoms with Crippen LogP contribution in [0.3, 0.4) is 0 Å². The molecule has 1 atom stereocenters. The number of ether oxygens (including phenoxy) is 2. The third kappa shape index (κ3) is 4.47. The Morgan fingerprint density at radius 2 is 2.07 bits per heavy atom. The first-order valence-electron chi connectivity index (χ1n) is 10.4. The highest BCUT2D eigenvalue weighted by atomic mass is 16.5. The Bertz CT molecular complexity index is 794. The summed E-state index contributed by atoms with van der Waals surface area (Å²) in [5.41, 5.74) is 2.15. The highest BCUT2D eigenvalue weighted by Crippen LogP contribution is 2.26. The number of hydrogen-bond acceptors (Lipinski definition) is 6. The van der Waals surface area contributed by atoms with Gasteiger partial charge >= 0.3 is 0 Å². The maximum atomic E-state index is 12.7. The number of benzene rings is 1. The van der Waals surface area contributed by atoms with E-state index >= 15 is 0 Å².